The number of para-hydroxylation sites is 1. The van der Waals surface area contributed by atoms with E-state index in [-0.39, 0.29) is 16.8 Å². The van der Waals surface area contributed by atoms with Crippen LogP contribution < -0.4 is 9.62 Å². The first-order valence-electron chi connectivity index (χ1n) is 10.5. The minimum Gasteiger partial charge on any atom is -0.347 e. The molecule has 0 bridgehead atoms. The number of nitrogens with one attached hydrogen (secondary N) is 1. The molecule has 2 aromatic carbocycles. The fourth-order valence-electron chi connectivity index (χ4n) is 4.46. The van der Waals surface area contributed by atoms with Crippen LogP contribution in [0.15, 0.2) is 59.6 Å². The van der Waals surface area contributed by atoms with Crippen molar-refractivity contribution in [2.75, 3.05) is 10.8 Å². The number of nitrogens with zero attached hydrogens (tertiary/aromatic N) is 3. The van der Waals surface area contributed by atoms with Gasteiger partial charge < -0.3 is 9.88 Å². The number of benzene rings is 2. The predicted octanol–water partition coefficient (Wildman–Crippen LogP) is 2.69. The van der Waals surface area contributed by atoms with Crippen LogP contribution in [-0.2, 0) is 29.4 Å². The van der Waals surface area contributed by atoms with Crippen molar-refractivity contribution in [3.63, 3.8) is 0 Å². The molecule has 5 rings (SSSR count). The number of rotatable bonds is 4. The first kappa shape index (κ1) is 19.8. The van der Waals surface area contributed by atoms with Gasteiger partial charge in [0.1, 0.15) is 5.82 Å². The van der Waals surface area contributed by atoms with Crippen LogP contribution >= 0.6 is 0 Å². The smallest absolute Gasteiger partial charge is 0.264 e. The highest BCUT2D eigenvalue weighted by Crippen LogP contribution is 2.32. The fourth-order valence-corrected chi connectivity index (χ4v) is 6.01. The summed E-state index contributed by atoms with van der Waals surface area (Å²) in [5, 5.41) is 3.05. The van der Waals surface area contributed by atoms with Crippen LogP contribution in [0.2, 0.25) is 0 Å². The van der Waals surface area contributed by atoms with E-state index in [9.17, 15) is 13.2 Å². The summed E-state index contributed by atoms with van der Waals surface area (Å²) >= 11 is 0. The van der Waals surface area contributed by atoms with Crippen molar-refractivity contribution in [2.45, 2.75) is 43.7 Å². The van der Waals surface area contributed by atoms with Gasteiger partial charge in [-0.15, -0.1) is 0 Å². The van der Waals surface area contributed by atoms with Gasteiger partial charge in [0.2, 0.25) is 0 Å². The van der Waals surface area contributed by atoms with E-state index >= 15 is 0 Å². The van der Waals surface area contributed by atoms with Crippen LogP contribution in [0.4, 0.5) is 5.69 Å². The SMILES string of the molecule is Cc1cn2c(n1)CCC(NC(=O)c1cccc(S(=O)(=O)N3CCc4ccccc43)c1)C2. The largest absolute Gasteiger partial charge is 0.347 e. The number of fused-ring (bicyclic) bond motifs is 2. The van der Waals surface area contributed by atoms with E-state index in [2.05, 4.69) is 14.9 Å². The number of hydrogen-bond acceptors (Lipinski definition) is 4. The Morgan fingerprint density at radius 3 is 2.84 bits per heavy atom. The van der Waals surface area contributed by atoms with Crippen molar-refractivity contribution in [1.82, 2.24) is 14.9 Å². The van der Waals surface area contributed by atoms with Crippen LogP contribution in [-0.4, -0.2) is 36.5 Å². The Morgan fingerprint density at radius 1 is 1.13 bits per heavy atom. The molecule has 0 aliphatic carbocycles. The van der Waals surface area contributed by atoms with Gasteiger partial charge in [0.25, 0.3) is 15.9 Å². The molecule has 1 atom stereocenters. The number of imidazole rings is 1. The number of carbonyl (C=O) groups is 1. The lowest BCUT2D eigenvalue weighted by Gasteiger charge is -2.25. The lowest BCUT2D eigenvalue weighted by molar-refractivity contribution is 0.0927. The Morgan fingerprint density at radius 2 is 1.97 bits per heavy atom. The molecule has 8 heteroatoms. The van der Waals surface area contributed by atoms with Crippen molar-refractivity contribution in [3.8, 4) is 0 Å². The second-order valence-electron chi connectivity index (χ2n) is 8.14. The first-order chi connectivity index (χ1) is 14.9. The van der Waals surface area contributed by atoms with Gasteiger partial charge in [0.05, 0.1) is 16.3 Å². The number of anilines is 1. The molecule has 2 aliphatic rings. The van der Waals surface area contributed by atoms with Crippen LogP contribution in [0.25, 0.3) is 0 Å². The Hall–Kier alpha value is -3.13. The molecule has 1 N–H and O–H groups in total. The molecule has 0 radical (unpaired) electrons. The lowest BCUT2D eigenvalue weighted by atomic mass is 10.1. The molecule has 1 unspecified atom stereocenters. The number of hydrogen-bond donors (Lipinski definition) is 1. The lowest BCUT2D eigenvalue weighted by Crippen LogP contribution is -2.41. The number of sulfonamides is 1. The Bertz CT molecular complexity index is 1270. The molecular formula is C23H24N4O3S. The van der Waals surface area contributed by atoms with Crippen molar-refractivity contribution in [2.24, 2.45) is 0 Å². The summed E-state index contributed by atoms with van der Waals surface area (Å²) in [4.78, 5) is 17.5. The number of amides is 1. The summed E-state index contributed by atoms with van der Waals surface area (Å²) < 4.78 is 30.1. The average Bonchev–Trinajstić information content (AvgIpc) is 3.36. The van der Waals surface area contributed by atoms with Crippen LogP contribution in [0.3, 0.4) is 0 Å². The second kappa shape index (κ2) is 7.53. The highest BCUT2D eigenvalue weighted by Gasteiger charge is 2.31. The summed E-state index contributed by atoms with van der Waals surface area (Å²) in [6.45, 7) is 3.04. The minimum absolute atomic E-state index is 0.0145. The van der Waals surface area contributed by atoms with Gasteiger partial charge in [-0.05, 0) is 49.6 Å². The van der Waals surface area contributed by atoms with E-state index < -0.39 is 10.0 Å². The molecule has 3 aromatic rings. The molecule has 0 spiro atoms. The zero-order valence-corrected chi connectivity index (χ0v) is 18.1. The average molecular weight is 437 g/mol. The van der Waals surface area contributed by atoms with Crippen molar-refractivity contribution < 1.29 is 13.2 Å². The van der Waals surface area contributed by atoms with E-state index in [0.717, 1.165) is 29.9 Å². The van der Waals surface area contributed by atoms with E-state index in [1.807, 2.05) is 37.4 Å². The Labute approximate surface area is 181 Å². The summed E-state index contributed by atoms with van der Waals surface area (Å²) in [7, 11) is -3.74. The van der Waals surface area contributed by atoms with Gasteiger partial charge in [0.15, 0.2) is 0 Å². The molecular weight excluding hydrogens is 412 g/mol. The normalized spacial score (nSPS) is 17.8. The molecule has 1 amide bonds. The number of carbonyl (C=O) groups excluding carboxylic acids is 1. The van der Waals surface area contributed by atoms with Gasteiger partial charge in [0, 0.05) is 37.3 Å². The van der Waals surface area contributed by atoms with Gasteiger partial charge in [-0.25, -0.2) is 13.4 Å². The van der Waals surface area contributed by atoms with E-state index in [4.69, 9.17) is 0 Å². The molecule has 3 heterocycles. The third-order valence-corrected chi connectivity index (χ3v) is 7.79. The maximum Gasteiger partial charge on any atom is 0.264 e. The predicted molar refractivity (Wildman–Crippen MR) is 118 cm³/mol. The van der Waals surface area contributed by atoms with E-state index in [1.165, 1.54) is 10.4 Å². The second-order valence-corrected chi connectivity index (χ2v) is 10.0. The molecule has 1 aromatic heterocycles. The van der Waals surface area contributed by atoms with Crippen molar-refractivity contribution in [3.05, 3.63) is 77.4 Å². The van der Waals surface area contributed by atoms with Crippen LogP contribution in [0.1, 0.15) is 33.9 Å². The fraction of sp³-hybridized carbons (Fsp3) is 0.304. The summed E-state index contributed by atoms with van der Waals surface area (Å²) in [6.07, 6.45) is 4.30. The quantitative estimate of drug-likeness (QED) is 0.682. The van der Waals surface area contributed by atoms with Gasteiger partial charge in [-0.3, -0.25) is 9.10 Å². The third-order valence-electron chi connectivity index (χ3n) is 5.98. The molecule has 0 saturated heterocycles. The molecule has 0 fully saturated rings. The van der Waals surface area contributed by atoms with Gasteiger partial charge >= 0.3 is 0 Å². The molecule has 31 heavy (non-hydrogen) atoms. The zero-order valence-electron chi connectivity index (χ0n) is 17.3. The van der Waals surface area contributed by atoms with Gasteiger partial charge in [-0.2, -0.15) is 0 Å². The summed E-state index contributed by atoms with van der Waals surface area (Å²) in [5.41, 5.74) is 3.06. The van der Waals surface area contributed by atoms with Crippen molar-refractivity contribution >= 4 is 21.6 Å². The maximum atomic E-state index is 13.3. The summed E-state index contributed by atoms with van der Waals surface area (Å²) in [6, 6.07) is 13.8. The first-order valence-corrected chi connectivity index (χ1v) is 11.9. The molecule has 7 nitrogen and oxygen atoms in total. The highest BCUT2D eigenvalue weighted by molar-refractivity contribution is 7.92. The van der Waals surface area contributed by atoms with Crippen LogP contribution in [0.5, 0.6) is 0 Å². The topological polar surface area (TPSA) is 84.3 Å². The van der Waals surface area contributed by atoms with Gasteiger partial charge in [-0.1, -0.05) is 24.3 Å². The summed E-state index contributed by atoms with van der Waals surface area (Å²) in [5.74, 6) is 0.783. The Balaban J connectivity index is 1.35. The third kappa shape index (κ3) is 3.61. The standard InChI is InChI=1S/C23H24N4O3S/c1-16-14-26-15-19(9-10-22(26)24-16)25-23(28)18-6-4-7-20(13-18)31(29,30)27-12-11-17-5-2-3-8-21(17)27/h2-8,13-14,19H,9-12,15H2,1H3,(H,25,28). The number of aromatic nitrogens is 2. The monoisotopic (exact) mass is 436 g/mol. The minimum atomic E-state index is -3.74. The highest BCUT2D eigenvalue weighted by atomic mass is 32.2. The van der Waals surface area contributed by atoms with E-state index in [0.29, 0.717) is 30.8 Å². The zero-order chi connectivity index (χ0) is 21.6. The van der Waals surface area contributed by atoms with E-state index in [1.54, 1.807) is 18.2 Å². The molecule has 2 aliphatic heterocycles. The maximum absolute atomic E-state index is 13.3. The van der Waals surface area contributed by atoms with Crippen molar-refractivity contribution in [1.29, 1.82) is 0 Å². The number of aryl methyl sites for hydroxylation is 2. The van der Waals surface area contributed by atoms with Crippen LogP contribution in [0, 0.1) is 6.92 Å². The molecule has 0 saturated carbocycles. The Kier molecular flexibility index (Phi) is 4.81. The molecule has 160 valence electrons.